The van der Waals surface area contributed by atoms with Crippen LogP contribution in [0.1, 0.15) is 35.1 Å². The maximum Gasteiger partial charge on any atom is 0.00127 e. The van der Waals surface area contributed by atoms with Gasteiger partial charge in [0.15, 0.2) is 0 Å². The van der Waals surface area contributed by atoms with Gasteiger partial charge in [-0.15, -0.1) is 0 Å². The Morgan fingerprint density at radius 2 is 1.10 bits per heavy atom. The lowest BCUT2D eigenvalue weighted by molar-refractivity contribution is 0.518. The first-order valence-electron chi connectivity index (χ1n) is 3.03. The van der Waals surface area contributed by atoms with Crippen LogP contribution >= 0.6 is 37.2 Å². The van der Waals surface area contributed by atoms with Crippen molar-refractivity contribution >= 4 is 37.2 Å². The van der Waals surface area contributed by atoms with Crippen molar-refractivity contribution < 1.29 is 0 Å². The van der Waals surface area contributed by atoms with Gasteiger partial charge >= 0.3 is 0 Å². The van der Waals surface area contributed by atoms with Crippen molar-refractivity contribution in [3.8, 4) is 0 Å². The molecule has 3 heteroatoms. The molecule has 0 amide bonds. The number of rotatable bonds is 2. The van der Waals surface area contributed by atoms with Crippen molar-refractivity contribution in [2.45, 2.75) is 47.2 Å². The molecule has 1 nitrogen and oxygen atoms in total. The summed E-state index contributed by atoms with van der Waals surface area (Å²) < 4.78 is 0. The highest BCUT2D eigenvalue weighted by Crippen LogP contribution is 1.89. The highest BCUT2D eigenvalue weighted by molar-refractivity contribution is 15.0. The van der Waals surface area contributed by atoms with Gasteiger partial charge in [0.1, 0.15) is 0 Å². The average molecular weight is 371 g/mol. The van der Waals surface area contributed by atoms with Gasteiger partial charge in [0.05, 0.1) is 0 Å². The van der Waals surface area contributed by atoms with E-state index < -0.39 is 0 Å². The number of hydrogen-bond acceptors (Lipinski definition) is 1. The zero-order chi connectivity index (χ0) is 7.86. The van der Waals surface area contributed by atoms with Gasteiger partial charge in [-0.1, -0.05) is 35.1 Å². The van der Waals surface area contributed by atoms with E-state index in [0.29, 0.717) is 12.1 Å². The molecule has 0 radical (unpaired) electrons. The summed E-state index contributed by atoms with van der Waals surface area (Å²) in [5, 5.41) is 3.31. The summed E-state index contributed by atoms with van der Waals surface area (Å²) in [6.45, 7) is 8.61. The predicted octanol–water partition coefficient (Wildman–Crippen LogP) is 3.80. The zero-order valence-corrected chi connectivity index (χ0v) is 10.7. The molecule has 10 heavy (non-hydrogen) atoms. The van der Waals surface area contributed by atoms with Crippen LogP contribution in [0.4, 0.5) is 0 Å². The standard InChI is InChI=1S/C6H15N.CH4.I2/c1-5(2)7-6(3)4;;1-2/h5-7H,1-4H3;1H4;. The summed E-state index contributed by atoms with van der Waals surface area (Å²) in [5.41, 5.74) is 0. The summed E-state index contributed by atoms with van der Waals surface area (Å²) in [5.74, 6) is 0. The highest BCUT2D eigenvalue weighted by Gasteiger charge is 1.92. The topological polar surface area (TPSA) is 12.0 Å². The Hall–Kier alpha value is 1.42. The molecule has 0 aromatic rings. The van der Waals surface area contributed by atoms with Crippen LogP contribution in [-0.4, -0.2) is 12.1 Å². The first kappa shape index (κ1) is 17.5. The van der Waals surface area contributed by atoms with E-state index in [2.05, 4.69) is 70.2 Å². The van der Waals surface area contributed by atoms with Gasteiger partial charge in [-0.25, -0.2) is 0 Å². The number of hydrogen-bond donors (Lipinski definition) is 1. The van der Waals surface area contributed by atoms with Crippen LogP contribution in [0, 0.1) is 0 Å². The minimum absolute atomic E-state index is 0. The molecule has 0 aromatic heterocycles. The predicted molar refractivity (Wildman–Crippen MR) is 68.2 cm³/mol. The molecule has 0 aliphatic rings. The van der Waals surface area contributed by atoms with Crippen LogP contribution < -0.4 is 5.32 Å². The molecular weight excluding hydrogens is 352 g/mol. The summed E-state index contributed by atoms with van der Waals surface area (Å²) in [4.78, 5) is 0. The third-order valence-corrected chi connectivity index (χ3v) is 0.667. The summed E-state index contributed by atoms with van der Waals surface area (Å²) in [6.07, 6.45) is 0. The fourth-order valence-corrected chi connectivity index (χ4v) is 0.667. The highest BCUT2D eigenvalue weighted by atomic mass is 128. The van der Waals surface area contributed by atoms with E-state index >= 15 is 0 Å². The normalized spacial score (nSPS) is 8.40. The first-order chi connectivity index (χ1) is 4.13. The van der Waals surface area contributed by atoms with E-state index in [1.54, 1.807) is 0 Å². The number of halogens is 2. The van der Waals surface area contributed by atoms with E-state index in [9.17, 15) is 0 Å². The molecule has 0 aliphatic heterocycles. The Kier molecular flexibility index (Phi) is 22.8. The second-order valence-electron chi connectivity index (χ2n) is 2.48. The smallest absolute Gasteiger partial charge is 0.00127 e. The monoisotopic (exact) mass is 371 g/mol. The van der Waals surface area contributed by atoms with E-state index in [4.69, 9.17) is 0 Å². The molecule has 0 unspecified atom stereocenters. The van der Waals surface area contributed by atoms with Crippen molar-refractivity contribution in [3.63, 3.8) is 0 Å². The fraction of sp³-hybridized carbons (Fsp3) is 1.00. The van der Waals surface area contributed by atoms with Gasteiger partial charge in [0.2, 0.25) is 0 Å². The first-order valence-corrected chi connectivity index (χ1v) is 9.32. The Morgan fingerprint density at radius 1 is 0.900 bits per heavy atom. The third-order valence-electron chi connectivity index (χ3n) is 0.667. The van der Waals surface area contributed by atoms with Crippen LogP contribution in [-0.2, 0) is 0 Å². The second-order valence-corrected chi connectivity index (χ2v) is 2.48. The molecule has 0 spiro atoms. The summed E-state index contributed by atoms with van der Waals surface area (Å²) >= 11 is 4.24. The fourth-order valence-electron chi connectivity index (χ4n) is 0.667. The molecule has 0 saturated carbocycles. The molecule has 0 rings (SSSR count). The van der Waals surface area contributed by atoms with Crippen molar-refractivity contribution in [2.24, 2.45) is 0 Å². The van der Waals surface area contributed by atoms with Crippen LogP contribution in [0.15, 0.2) is 0 Å². The van der Waals surface area contributed by atoms with Gasteiger partial charge in [-0.3, -0.25) is 0 Å². The maximum atomic E-state index is 3.31. The molecule has 66 valence electrons. The molecule has 0 atom stereocenters. The second kappa shape index (κ2) is 13.0. The van der Waals surface area contributed by atoms with Crippen molar-refractivity contribution in [2.75, 3.05) is 0 Å². The lowest BCUT2D eigenvalue weighted by Crippen LogP contribution is -2.29. The molecular formula is C7H19I2N. The molecule has 0 bridgehead atoms. The summed E-state index contributed by atoms with van der Waals surface area (Å²) in [6, 6.07) is 1.25. The minimum Gasteiger partial charge on any atom is -0.312 e. The van der Waals surface area contributed by atoms with Gasteiger partial charge < -0.3 is 5.32 Å². The van der Waals surface area contributed by atoms with Crippen LogP contribution in [0.3, 0.4) is 0 Å². The van der Waals surface area contributed by atoms with Gasteiger partial charge in [-0.2, -0.15) is 0 Å². The largest absolute Gasteiger partial charge is 0.312 e. The Labute approximate surface area is 89.1 Å². The van der Waals surface area contributed by atoms with Gasteiger partial charge in [-0.05, 0) is 0 Å². The molecule has 0 aliphatic carbocycles. The van der Waals surface area contributed by atoms with Crippen LogP contribution in [0.5, 0.6) is 0 Å². The Morgan fingerprint density at radius 3 is 1.10 bits per heavy atom. The van der Waals surface area contributed by atoms with Gasteiger partial charge in [0.25, 0.3) is 0 Å². The van der Waals surface area contributed by atoms with Crippen LogP contribution in [0.25, 0.3) is 0 Å². The molecule has 0 heterocycles. The lowest BCUT2D eigenvalue weighted by Gasteiger charge is -2.10. The van der Waals surface area contributed by atoms with Crippen molar-refractivity contribution in [1.29, 1.82) is 0 Å². The Balaban J connectivity index is -0.000000149. The third kappa shape index (κ3) is 22.7. The Bertz CT molecular complexity index is 40.9. The molecule has 1 N–H and O–H groups in total. The minimum atomic E-state index is 0. The zero-order valence-electron chi connectivity index (χ0n) is 6.41. The van der Waals surface area contributed by atoms with E-state index in [-0.39, 0.29) is 7.43 Å². The molecule has 0 saturated heterocycles. The van der Waals surface area contributed by atoms with E-state index in [1.807, 2.05) is 0 Å². The van der Waals surface area contributed by atoms with Gasteiger partial charge in [0, 0.05) is 49.3 Å². The number of nitrogens with one attached hydrogen (secondary N) is 1. The SMILES string of the molecule is C.CC(C)NC(C)C.II. The van der Waals surface area contributed by atoms with E-state index in [0.717, 1.165) is 0 Å². The molecule has 0 aromatic carbocycles. The van der Waals surface area contributed by atoms with Crippen molar-refractivity contribution in [3.05, 3.63) is 0 Å². The average Bonchev–Trinajstić information content (AvgIpc) is 1.68. The van der Waals surface area contributed by atoms with E-state index in [1.165, 1.54) is 0 Å². The lowest BCUT2D eigenvalue weighted by atomic mass is 10.3. The summed E-state index contributed by atoms with van der Waals surface area (Å²) in [7, 11) is 0. The van der Waals surface area contributed by atoms with Crippen molar-refractivity contribution in [1.82, 2.24) is 5.32 Å². The molecule has 0 fully saturated rings. The maximum absolute atomic E-state index is 3.31. The van der Waals surface area contributed by atoms with Crippen LogP contribution in [0.2, 0.25) is 0 Å². The quantitative estimate of drug-likeness (QED) is 0.729.